The van der Waals surface area contributed by atoms with Crippen molar-refractivity contribution in [1.29, 1.82) is 0 Å². The molecule has 6 heteroatoms. The smallest absolute Gasteiger partial charge is 0.306 e. The molecule has 2 rings (SSSR count). The number of aliphatic carboxylic acids is 1. The fourth-order valence-electron chi connectivity index (χ4n) is 2.64. The van der Waals surface area contributed by atoms with Crippen molar-refractivity contribution >= 4 is 33.5 Å². The van der Waals surface area contributed by atoms with Gasteiger partial charge in [0.05, 0.1) is 17.7 Å². The lowest BCUT2D eigenvalue weighted by atomic mass is 10.0. The minimum Gasteiger partial charge on any atom is -0.489 e. The van der Waals surface area contributed by atoms with Crippen molar-refractivity contribution in [2.45, 2.75) is 39.2 Å². The van der Waals surface area contributed by atoms with Gasteiger partial charge in [-0.05, 0) is 51.3 Å². The first-order chi connectivity index (χ1) is 10.4. The van der Waals surface area contributed by atoms with E-state index in [9.17, 15) is 9.59 Å². The second-order valence-corrected chi connectivity index (χ2v) is 6.76. The minimum atomic E-state index is -0.818. The maximum Gasteiger partial charge on any atom is 0.306 e. The Morgan fingerprint density at radius 1 is 1.32 bits per heavy atom. The minimum absolute atomic E-state index is 0.000279. The Labute approximate surface area is 138 Å². The van der Waals surface area contributed by atoms with Crippen LogP contribution in [0.15, 0.2) is 22.7 Å². The molecule has 0 radical (unpaired) electrons. The Morgan fingerprint density at radius 2 is 2.00 bits per heavy atom. The predicted molar refractivity (Wildman–Crippen MR) is 87.0 cm³/mol. The fourth-order valence-corrected chi connectivity index (χ4v) is 3.00. The molecule has 22 heavy (non-hydrogen) atoms. The molecule has 0 aliphatic heterocycles. The zero-order valence-electron chi connectivity index (χ0n) is 12.6. The van der Waals surface area contributed by atoms with Gasteiger partial charge in [-0.25, -0.2) is 0 Å². The van der Waals surface area contributed by atoms with Crippen LogP contribution in [0.25, 0.3) is 0 Å². The van der Waals surface area contributed by atoms with E-state index < -0.39 is 11.9 Å². The first-order valence-corrected chi connectivity index (χ1v) is 8.16. The number of carboxylic acid groups (broad SMARTS) is 1. The van der Waals surface area contributed by atoms with Gasteiger partial charge in [0.15, 0.2) is 0 Å². The number of hydrogen-bond donors (Lipinski definition) is 2. The Hall–Kier alpha value is -1.56. The SMILES string of the molecule is CC(C)Oc1ccc(Br)cc1NC(=O)[C@@H]1CC[C@H](C(=O)O)C1. The van der Waals surface area contributed by atoms with E-state index in [1.807, 2.05) is 19.9 Å². The van der Waals surface area contributed by atoms with Crippen LogP contribution >= 0.6 is 15.9 Å². The zero-order chi connectivity index (χ0) is 16.3. The third-order valence-corrected chi connectivity index (χ3v) is 4.21. The summed E-state index contributed by atoms with van der Waals surface area (Å²) in [6.07, 6.45) is 1.56. The van der Waals surface area contributed by atoms with Crippen molar-refractivity contribution in [3.8, 4) is 5.75 Å². The molecule has 2 atom stereocenters. The Balaban J connectivity index is 2.08. The third-order valence-electron chi connectivity index (χ3n) is 3.71. The Morgan fingerprint density at radius 3 is 2.59 bits per heavy atom. The lowest BCUT2D eigenvalue weighted by Gasteiger charge is -2.17. The van der Waals surface area contributed by atoms with E-state index >= 15 is 0 Å². The molecule has 0 spiro atoms. The predicted octanol–water partition coefficient (Wildman–Crippen LogP) is 3.68. The first kappa shape index (κ1) is 16.8. The van der Waals surface area contributed by atoms with Crippen LogP contribution < -0.4 is 10.1 Å². The summed E-state index contributed by atoms with van der Waals surface area (Å²) < 4.78 is 6.53. The summed E-state index contributed by atoms with van der Waals surface area (Å²) in [5.41, 5.74) is 0.604. The highest BCUT2D eigenvalue weighted by molar-refractivity contribution is 9.10. The van der Waals surface area contributed by atoms with E-state index in [4.69, 9.17) is 9.84 Å². The van der Waals surface area contributed by atoms with Crippen LogP contribution in [0.4, 0.5) is 5.69 Å². The van der Waals surface area contributed by atoms with E-state index in [2.05, 4.69) is 21.2 Å². The van der Waals surface area contributed by atoms with Crippen molar-refractivity contribution in [3.05, 3.63) is 22.7 Å². The Bertz CT molecular complexity index is 573. The molecule has 2 N–H and O–H groups in total. The molecule has 1 aliphatic carbocycles. The van der Waals surface area contributed by atoms with Crippen LogP contribution in [0.5, 0.6) is 5.75 Å². The molecule has 0 unspecified atom stereocenters. The number of anilines is 1. The number of ether oxygens (including phenoxy) is 1. The van der Waals surface area contributed by atoms with Gasteiger partial charge < -0.3 is 15.2 Å². The number of carbonyl (C=O) groups excluding carboxylic acids is 1. The molecule has 0 aromatic heterocycles. The van der Waals surface area contributed by atoms with Crippen LogP contribution in [0.3, 0.4) is 0 Å². The van der Waals surface area contributed by atoms with Crippen molar-refractivity contribution in [2.75, 3.05) is 5.32 Å². The van der Waals surface area contributed by atoms with E-state index in [1.165, 1.54) is 0 Å². The first-order valence-electron chi connectivity index (χ1n) is 7.36. The largest absolute Gasteiger partial charge is 0.489 e. The van der Waals surface area contributed by atoms with Gasteiger partial charge in [-0.1, -0.05) is 15.9 Å². The number of nitrogens with one attached hydrogen (secondary N) is 1. The number of rotatable bonds is 5. The maximum absolute atomic E-state index is 12.4. The molecule has 5 nitrogen and oxygen atoms in total. The number of hydrogen-bond acceptors (Lipinski definition) is 3. The van der Waals surface area contributed by atoms with Crippen molar-refractivity contribution in [1.82, 2.24) is 0 Å². The van der Waals surface area contributed by atoms with Crippen LogP contribution in [-0.4, -0.2) is 23.1 Å². The van der Waals surface area contributed by atoms with Crippen LogP contribution in [0, 0.1) is 11.8 Å². The van der Waals surface area contributed by atoms with Gasteiger partial charge in [0.2, 0.25) is 5.91 Å². The van der Waals surface area contributed by atoms with E-state index in [0.29, 0.717) is 30.7 Å². The quantitative estimate of drug-likeness (QED) is 0.829. The second-order valence-electron chi connectivity index (χ2n) is 5.84. The molecule has 0 heterocycles. The number of halogens is 1. The highest BCUT2D eigenvalue weighted by Gasteiger charge is 2.34. The fraction of sp³-hybridized carbons (Fsp3) is 0.500. The van der Waals surface area contributed by atoms with Crippen molar-refractivity contribution < 1.29 is 19.4 Å². The lowest BCUT2D eigenvalue weighted by Crippen LogP contribution is -2.22. The number of benzene rings is 1. The summed E-state index contributed by atoms with van der Waals surface area (Å²) in [5, 5.41) is 11.9. The van der Waals surface area contributed by atoms with Crippen molar-refractivity contribution in [3.63, 3.8) is 0 Å². The Kier molecular flexibility index (Phi) is 5.45. The summed E-state index contributed by atoms with van der Waals surface area (Å²) in [7, 11) is 0. The highest BCUT2D eigenvalue weighted by Crippen LogP contribution is 2.34. The molecule has 1 fully saturated rings. The van der Waals surface area contributed by atoms with Gasteiger partial charge in [0.1, 0.15) is 5.75 Å². The van der Waals surface area contributed by atoms with Crippen molar-refractivity contribution in [2.24, 2.45) is 11.8 Å². The van der Waals surface area contributed by atoms with Gasteiger partial charge in [0.25, 0.3) is 0 Å². The summed E-state index contributed by atoms with van der Waals surface area (Å²) in [6, 6.07) is 5.44. The molecule has 0 saturated heterocycles. The van der Waals surface area contributed by atoms with E-state index in [-0.39, 0.29) is 17.9 Å². The van der Waals surface area contributed by atoms with E-state index in [0.717, 1.165) is 4.47 Å². The zero-order valence-corrected chi connectivity index (χ0v) is 14.2. The van der Waals surface area contributed by atoms with E-state index in [1.54, 1.807) is 12.1 Å². The maximum atomic E-state index is 12.4. The average Bonchev–Trinajstić information content (AvgIpc) is 2.91. The molecule has 1 amide bonds. The average molecular weight is 370 g/mol. The molecule has 1 aromatic rings. The number of carbonyl (C=O) groups is 2. The van der Waals surface area contributed by atoms with Gasteiger partial charge >= 0.3 is 5.97 Å². The van der Waals surface area contributed by atoms with Crippen LogP contribution in [0.1, 0.15) is 33.1 Å². The number of carboxylic acids is 1. The summed E-state index contributed by atoms with van der Waals surface area (Å²) in [6.45, 7) is 3.84. The monoisotopic (exact) mass is 369 g/mol. The lowest BCUT2D eigenvalue weighted by molar-refractivity contribution is -0.141. The van der Waals surface area contributed by atoms with Crippen LogP contribution in [-0.2, 0) is 9.59 Å². The van der Waals surface area contributed by atoms with Gasteiger partial charge in [0, 0.05) is 10.4 Å². The summed E-state index contributed by atoms with van der Waals surface area (Å²) in [4.78, 5) is 23.3. The topological polar surface area (TPSA) is 75.6 Å². The normalized spacial score (nSPS) is 20.9. The second kappa shape index (κ2) is 7.13. The molecule has 0 bridgehead atoms. The summed E-state index contributed by atoms with van der Waals surface area (Å²) >= 11 is 3.38. The van der Waals surface area contributed by atoms with Gasteiger partial charge in [-0.3, -0.25) is 9.59 Å². The molecule has 1 saturated carbocycles. The van der Waals surface area contributed by atoms with Gasteiger partial charge in [-0.2, -0.15) is 0 Å². The molecule has 1 aromatic carbocycles. The summed E-state index contributed by atoms with van der Waals surface area (Å²) in [5.74, 6) is -1.02. The van der Waals surface area contributed by atoms with Crippen LogP contribution in [0.2, 0.25) is 0 Å². The highest BCUT2D eigenvalue weighted by atomic mass is 79.9. The molecular weight excluding hydrogens is 350 g/mol. The molecular formula is C16H20BrNO4. The standard InChI is InChI=1S/C16H20BrNO4/c1-9(2)22-14-6-5-12(17)8-13(14)18-15(19)10-3-4-11(7-10)16(20)21/h5-6,8-11H,3-4,7H2,1-2H3,(H,18,19)(H,20,21)/t10-,11+/m1/s1. The third kappa shape index (κ3) is 4.22. The van der Waals surface area contributed by atoms with Gasteiger partial charge in [-0.15, -0.1) is 0 Å². The molecule has 1 aliphatic rings. The number of amides is 1. The molecule has 120 valence electrons.